The third-order valence-electron chi connectivity index (χ3n) is 3.79. The maximum atomic E-state index is 5.83. The zero-order chi connectivity index (χ0) is 15.6. The molecule has 0 aliphatic carbocycles. The molecule has 0 atom stereocenters. The van der Waals surface area contributed by atoms with E-state index in [1.807, 2.05) is 12.1 Å². The molecular formula is C19H12ClN3. The Hall–Kier alpha value is -2.78. The van der Waals surface area contributed by atoms with Crippen LogP contribution in [0, 0.1) is 0 Å². The minimum atomic E-state index is 0.202. The molecule has 0 radical (unpaired) electrons. The first-order valence-corrected chi connectivity index (χ1v) is 7.62. The van der Waals surface area contributed by atoms with Crippen LogP contribution in [0.2, 0.25) is 5.28 Å². The fourth-order valence-corrected chi connectivity index (χ4v) is 2.82. The molecule has 4 aromatic rings. The second-order valence-corrected chi connectivity index (χ2v) is 5.52. The summed E-state index contributed by atoms with van der Waals surface area (Å²) < 4.78 is 0. The number of halogens is 1. The van der Waals surface area contributed by atoms with Crippen molar-refractivity contribution in [1.82, 2.24) is 15.0 Å². The zero-order valence-corrected chi connectivity index (χ0v) is 12.9. The molecule has 0 saturated carbocycles. The number of aromatic nitrogens is 3. The minimum Gasteiger partial charge on any atom is -0.216 e. The number of fused-ring (bicyclic) bond motifs is 1. The lowest BCUT2D eigenvalue weighted by molar-refractivity contribution is 1.06. The summed E-state index contributed by atoms with van der Waals surface area (Å²) in [5.74, 6) is 0.578. The van der Waals surface area contributed by atoms with E-state index >= 15 is 0 Å². The van der Waals surface area contributed by atoms with Crippen molar-refractivity contribution in [2.24, 2.45) is 0 Å². The molecule has 110 valence electrons. The SMILES string of the molecule is Clc1ncnc(-c2ccc(-c3cccc4ccccc34)cc2)n1. The predicted molar refractivity (Wildman–Crippen MR) is 93.2 cm³/mol. The Labute approximate surface area is 138 Å². The van der Waals surface area contributed by atoms with Crippen LogP contribution in [0.3, 0.4) is 0 Å². The van der Waals surface area contributed by atoms with E-state index in [2.05, 4.69) is 69.5 Å². The van der Waals surface area contributed by atoms with E-state index in [1.165, 1.54) is 22.7 Å². The van der Waals surface area contributed by atoms with Crippen LogP contribution in [0.25, 0.3) is 33.3 Å². The maximum absolute atomic E-state index is 5.83. The van der Waals surface area contributed by atoms with Crippen molar-refractivity contribution in [1.29, 1.82) is 0 Å². The number of hydrogen-bond acceptors (Lipinski definition) is 3. The van der Waals surface area contributed by atoms with Gasteiger partial charge >= 0.3 is 0 Å². The molecule has 23 heavy (non-hydrogen) atoms. The molecular weight excluding hydrogens is 306 g/mol. The van der Waals surface area contributed by atoms with E-state index in [9.17, 15) is 0 Å². The van der Waals surface area contributed by atoms with E-state index in [-0.39, 0.29) is 5.28 Å². The Morgan fingerprint density at radius 3 is 2.26 bits per heavy atom. The van der Waals surface area contributed by atoms with Gasteiger partial charge in [0, 0.05) is 5.56 Å². The number of rotatable bonds is 2. The third kappa shape index (κ3) is 2.67. The molecule has 0 saturated heterocycles. The zero-order valence-electron chi connectivity index (χ0n) is 12.1. The number of hydrogen-bond donors (Lipinski definition) is 0. The first-order chi connectivity index (χ1) is 11.3. The molecule has 1 aromatic heterocycles. The van der Waals surface area contributed by atoms with Gasteiger partial charge in [-0.3, -0.25) is 0 Å². The lowest BCUT2D eigenvalue weighted by atomic mass is 9.97. The van der Waals surface area contributed by atoms with E-state index < -0.39 is 0 Å². The Kier molecular flexibility index (Phi) is 3.48. The molecule has 1 heterocycles. The van der Waals surface area contributed by atoms with Gasteiger partial charge in [0.25, 0.3) is 0 Å². The largest absolute Gasteiger partial charge is 0.225 e. The average Bonchev–Trinajstić information content (AvgIpc) is 2.61. The van der Waals surface area contributed by atoms with Gasteiger partial charge in [0.2, 0.25) is 5.28 Å². The molecule has 0 aliphatic rings. The molecule has 4 rings (SSSR count). The maximum Gasteiger partial charge on any atom is 0.225 e. The van der Waals surface area contributed by atoms with Crippen LogP contribution in [0.1, 0.15) is 0 Å². The number of benzene rings is 3. The summed E-state index contributed by atoms with van der Waals surface area (Å²) in [4.78, 5) is 12.1. The van der Waals surface area contributed by atoms with E-state index in [0.717, 1.165) is 11.1 Å². The topological polar surface area (TPSA) is 38.7 Å². The summed E-state index contributed by atoms with van der Waals surface area (Å²) in [5, 5.41) is 2.68. The highest BCUT2D eigenvalue weighted by Gasteiger charge is 2.06. The molecule has 0 unspecified atom stereocenters. The molecule has 0 bridgehead atoms. The highest BCUT2D eigenvalue weighted by Crippen LogP contribution is 2.29. The highest BCUT2D eigenvalue weighted by molar-refractivity contribution is 6.28. The van der Waals surface area contributed by atoms with Crippen LogP contribution in [-0.2, 0) is 0 Å². The van der Waals surface area contributed by atoms with Gasteiger partial charge in [-0.1, -0.05) is 66.7 Å². The second kappa shape index (κ2) is 5.78. The summed E-state index contributed by atoms with van der Waals surface area (Å²) in [5.41, 5.74) is 3.28. The molecule has 0 spiro atoms. The fourth-order valence-electron chi connectivity index (χ4n) is 2.69. The summed E-state index contributed by atoms with van der Waals surface area (Å²) in [7, 11) is 0. The van der Waals surface area contributed by atoms with Crippen LogP contribution in [-0.4, -0.2) is 15.0 Å². The summed E-state index contributed by atoms with van der Waals surface area (Å²) in [6, 6.07) is 22.9. The molecule has 0 fully saturated rings. The van der Waals surface area contributed by atoms with Crippen molar-refractivity contribution in [2.45, 2.75) is 0 Å². The highest BCUT2D eigenvalue weighted by atomic mass is 35.5. The van der Waals surface area contributed by atoms with Gasteiger partial charge < -0.3 is 0 Å². The second-order valence-electron chi connectivity index (χ2n) is 5.18. The van der Waals surface area contributed by atoms with Crippen molar-refractivity contribution in [2.75, 3.05) is 0 Å². The Morgan fingerprint density at radius 1 is 0.696 bits per heavy atom. The first kappa shape index (κ1) is 13.9. The standard InChI is InChI=1S/C19H12ClN3/c20-19-22-12-21-18(23-19)15-10-8-14(9-11-15)17-7-3-5-13-4-1-2-6-16(13)17/h1-12H. The smallest absolute Gasteiger partial charge is 0.216 e. The van der Waals surface area contributed by atoms with Gasteiger partial charge in [-0.25, -0.2) is 9.97 Å². The van der Waals surface area contributed by atoms with Gasteiger partial charge in [-0.2, -0.15) is 4.98 Å². The van der Waals surface area contributed by atoms with Crippen molar-refractivity contribution in [3.05, 3.63) is 78.3 Å². The van der Waals surface area contributed by atoms with Gasteiger partial charge in [0.15, 0.2) is 5.82 Å². The monoisotopic (exact) mass is 317 g/mol. The Balaban J connectivity index is 1.78. The van der Waals surface area contributed by atoms with Gasteiger partial charge in [-0.15, -0.1) is 0 Å². The molecule has 4 heteroatoms. The van der Waals surface area contributed by atoms with Crippen molar-refractivity contribution in [3.63, 3.8) is 0 Å². The van der Waals surface area contributed by atoms with Gasteiger partial charge in [0.05, 0.1) is 0 Å². The predicted octanol–water partition coefficient (Wildman–Crippen LogP) is 5.01. The van der Waals surface area contributed by atoms with E-state index in [0.29, 0.717) is 5.82 Å². The van der Waals surface area contributed by atoms with Crippen LogP contribution in [0.4, 0.5) is 0 Å². The van der Waals surface area contributed by atoms with Crippen molar-refractivity contribution < 1.29 is 0 Å². The Morgan fingerprint density at radius 2 is 1.43 bits per heavy atom. The van der Waals surface area contributed by atoms with Crippen molar-refractivity contribution >= 4 is 22.4 Å². The summed E-state index contributed by atoms with van der Waals surface area (Å²) >= 11 is 5.83. The summed E-state index contributed by atoms with van der Waals surface area (Å²) in [6.45, 7) is 0. The molecule has 0 aliphatic heterocycles. The van der Waals surface area contributed by atoms with Crippen molar-refractivity contribution in [3.8, 4) is 22.5 Å². The summed E-state index contributed by atoms with van der Waals surface area (Å²) in [6.07, 6.45) is 1.42. The Bertz CT molecular complexity index is 976. The lowest BCUT2D eigenvalue weighted by Gasteiger charge is -2.08. The van der Waals surface area contributed by atoms with Crippen LogP contribution >= 0.6 is 11.6 Å². The van der Waals surface area contributed by atoms with Crippen LogP contribution in [0.5, 0.6) is 0 Å². The normalized spacial score (nSPS) is 10.8. The van der Waals surface area contributed by atoms with E-state index in [4.69, 9.17) is 11.6 Å². The lowest BCUT2D eigenvalue weighted by Crippen LogP contribution is -1.91. The molecule has 0 N–H and O–H groups in total. The van der Waals surface area contributed by atoms with E-state index in [1.54, 1.807) is 0 Å². The first-order valence-electron chi connectivity index (χ1n) is 7.24. The van der Waals surface area contributed by atoms with Crippen LogP contribution in [0.15, 0.2) is 73.1 Å². The average molecular weight is 318 g/mol. The minimum absolute atomic E-state index is 0.202. The molecule has 3 aromatic carbocycles. The third-order valence-corrected chi connectivity index (χ3v) is 3.97. The number of nitrogens with zero attached hydrogens (tertiary/aromatic N) is 3. The van der Waals surface area contributed by atoms with Gasteiger partial charge in [-0.05, 0) is 33.5 Å². The molecule has 3 nitrogen and oxygen atoms in total. The fraction of sp³-hybridized carbons (Fsp3) is 0. The van der Waals surface area contributed by atoms with Crippen LogP contribution < -0.4 is 0 Å². The quantitative estimate of drug-likeness (QED) is 0.521. The van der Waals surface area contributed by atoms with Gasteiger partial charge in [0.1, 0.15) is 6.33 Å². The molecule has 0 amide bonds.